The normalized spacial score (nSPS) is 22.0. The smallest absolute Gasteiger partial charge is 0.0965 e. The SMILES string of the molecule is CC(=NC(C)C)N1CCC(CC(C)(C)N=C(C)N2CCOCC2)CC1. The van der Waals surface area contributed by atoms with E-state index in [0.29, 0.717) is 6.04 Å². The highest BCUT2D eigenvalue weighted by Gasteiger charge is 2.27. The summed E-state index contributed by atoms with van der Waals surface area (Å²) in [5.74, 6) is 3.14. The zero-order valence-corrected chi connectivity index (χ0v) is 17.2. The number of rotatable bonds is 4. The van der Waals surface area contributed by atoms with Crippen molar-refractivity contribution in [3.63, 3.8) is 0 Å². The highest BCUT2D eigenvalue weighted by molar-refractivity contribution is 5.80. The average Bonchev–Trinajstić information content (AvgIpc) is 2.54. The first-order chi connectivity index (χ1) is 11.8. The predicted molar refractivity (Wildman–Crippen MR) is 107 cm³/mol. The Morgan fingerprint density at radius 3 is 2.12 bits per heavy atom. The minimum absolute atomic E-state index is 0.0102. The molecule has 2 aliphatic rings. The number of likely N-dealkylation sites (tertiary alicyclic amines) is 1. The van der Waals surface area contributed by atoms with Gasteiger partial charge in [-0.25, -0.2) is 0 Å². The third-order valence-corrected chi connectivity index (χ3v) is 5.24. The number of hydrogen-bond donors (Lipinski definition) is 0. The van der Waals surface area contributed by atoms with Gasteiger partial charge >= 0.3 is 0 Å². The molecule has 144 valence electrons. The van der Waals surface area contributed by atoms with Crippen LogP contribution in [0.2, 0.25) is 0 Å². The number of hydrogen-bond acceptors (Lipinski definition) is 3. The molecule has 0 spiro atoms. The van der Waals surface area contributed by atoms with Crippen LogP contribution in [0.15, 0.2) is 9.98 Å². The minimum Gasteiger partial charge on any atom is -0.378 e. The minimum atomic E-state index is 0.0102. The Morgan fingerprint density at radius 2 is 1.56 bits per heavy atom. The van der Waals surface area contributed by atoms with Crippen molar-refractivity contribution in [3.05, 3.63) is 0 Å². The Balaban J connectivity index is 1.85. The Labute approximate surface area is 154 Å². The van der Waals surface area contributed by atoms with Gasteiger partial charge in [0, 0.05) is 32.2 Å². The van der Waals surface area contributed by atoms with Crippen LogP contribution in [0.5, 0.6) is 0 Å². The van der Waals surface area contributed by atoms with E-state index in [0.717, 1.165) is 45.3 Å². The van der Waals surface area contributed by atoms with Crippen molar-refractivity contribution in [2.75, 3.05) is 39.4 Å². The van der Waals surface area contributed by atoms with Crippen LogP contribution < -0.4 is 0 Å². The van der Waals surface area contributed by atoms with Crippen LogP contribution in [-0.4, -0.2) is 72.4 Å². The van der Waals surface area contributed by atoms with Gasteiger partial charge in [-0.3, -0.25) is 9.98 Å². The van der Waals surface area contributed by atoms with Gasteiger partial charge in [-0.1, -0.05) is 0 Å². The molecule has 5 heteroatoms. The second-order valence-electron chi connectivity index (χ2n) is 8.48. The fraction of sp³-hybridized carbons (Fsp3) is 0.900. The number of aliphatic imine (C=N–C) groups is 2. The van der Waals surface area contributed by atoms with E-state index in [9.17, 15) is 0 Å². The summed E-state index contributed by atoms with van der Waals surface area (Å²) in [6.45, 7) is 19.0. The molecule has 0 radical (unpaired) electrons. The summed E-state index contributed by atoms with van der Waals surface area (Å²) in [6.07, 6.45) is 3.67. The van der Waals surface area contributed by atoms with Crippen LogP contribution in [0.4, 0.5) is 0 Å². The van der Waals surface area contributed by atoms with E-state index in [1.807, 2.05) is 0 Å². The number of piperidine rings is 1. The van der Waals surface area contributed by atoms with Crippen LogP contribution in [0.1, 0.15) is 60.8 Å². The Bertz CT molecular complexity index is 470. The highest BCUT2D eigenvalue weighted by atomic mass is 16.5. The maximum Gasteiger partial charge on any atom is 0.0965 e. The van der Waals surface area contributed by atoms with Crippen molar-refractivity contribution in [2.45, 2.75) is 72.4 Å². The molecule has 0 aromatic carbocycles. The molecular formula is C20H38N4O. The molecule has 25 heavy (non-hydrogen) atoms. The summed E-state index contributed by atoms with van der Waals surface area (Å²) in [4.78, 5) is 14.6. The van der Waals surface area contributed by atoms with Crippen LogP contribution in [0.3, 0.4) is 0 Å². The molecule has 0 unspecified atom stereocenters. The van der Waals surface area contributed by atoms with E-state index >= 15 is 0 Å². The van der Waals surface area contributed by atoms with Gasteiger partial charge in [0.25, 0.3) is 0 Å². The van der Waals surface area contributed by atoms with E-state index < -0.39 is 0 Å². The molecule has 5 nitrogen and oxygen atoms in total. The van der Waals surface area contributed by atoms with Gasteiger partial charge in [-0.15, -0.1) is 0 Å². The molecule has 0 amide bonds. The molecule has 0 saturated carbocycles. The first-order valence-corrected chi connectivity index (χ1v) is 9.95. The summed E-state index contributed by atoms with van der Waals surface area (Å²) >= 11 is 0. The van der Waals surface area contributed by atoms with E-state index in [1.54, 1.807) is 0 Å². The van der Waals surface area contributed by atoms with Gasteiger partial charge in [-0.2, -0.15) is 0 Å². The van der Waals surface area contributed by atoms with Crippen molar-refractivity contribution in [2.24, 2.45) is 15.9 Å². The monoisotopic (exact) mass is 350 g/mol. The lowest BCUT2D eigenvalue weighted by molar-refractivity contribution is 0.0673. The number of amidine groups is 2. The Morgan fingerprint density at radius 1 is 1.00 bits per heavy atom. The van der Waals surface area contributed by atoms with Gasteiger partial charge in [0.15, 0.2) is 0 Å². The second-order valence-corrected chi connectivity index (χ2v) is 8.48. The highest BCUT2D eigenvalue weighted by Crippen LogP contribution is 2.29. The van der Waals surface area contributed by atoms with Crippen molar-refractivity contribution in [3.8, 4) is 0 Å². The third-order valence-electron chi connectivity index (χ3n) is 5.24. The third kappa shape index (κ3) is 6.61. The number of nitrogens with zero attached hydrogens (tertiary/aromatic N) is 4. The maximum absolute atomic E-state index is 5.44. The summed E-state index contributed by atoms with van der Waals surface area (Å²) in [7, 11) is 0. The largest absolute Gasteiger partial charge is 0.378 e. The van der Waals surface area contributed by atoms with Gasteiger partial charge in [0.2, 0.25) is 0 Å². The molecule has 0 bridgehead atoms. The molecular weight excluding hydrogens is 312 g/mol. The zero-order chi connectivity index (χ0) is 18.4. The van der Waals surface area contributed by atoms with Crippen molar-refractivity contribution >= 4 is 11.7 Å². The maximum atomic E-state index is 5.44. The lowest BCUT2D eigenvalue weighted by Crippen LogP contribution is -2.41. The zero-order valence-electron chi connectivity index (χ0n) is 17.2. The predicted octanol–water partition coefficient (Wildman–Crippen LogP) is 3.44. The van der Waals surface area contributed by atoms with Crippen LogP contribution in [-0.2, 0) is 4.74 Å². The first-order valence-electron chi connectivity index (χ1n) is 9.95. The van der Waals surface area contributed by atoms with E-state index in [4.69, 9.17) is 14.7 Å². The Hall–Kier alpha value is -1.10. The molecule has 0 aliphatic carbocycles. The standard InChI is InChI=1S/C20H38N4O/c1-16(2)21-17(3)23-9-7-19(8-10-23)15-20(5,6)22-18(4)24-11-13-25-14-12-24/h16,19H,7-15H2,1-6H3. The number of morpholine rings is 1. The molecule has 2 saturated heterocycles. The lowest BCUT2D eigenvalue weighted by atomic mass is 9.84. The van der Waals surface area contributed by atoms with Gasteiger partial charge in [0.05, 0.1) is 30.4 Å². The molecule has 2 heterocycles. The number of ether oxygens (including phenoxy) is 1. The molecule has 0 N–H and O–H groups in total. The lowest BCUT2D eigenvalue weighted by Gasteiger charge is -2.37. The van der Waals surface area contributed by atoms with Crippen molar-refractivity contribution in [1.29, 1.82) is 0 Å². The summed E-state index contributed by atoms with van der Waals surface area (Å²) in [5.41, 5.74) is 0.0102. The van der Waals surface area contributed by atoms with E-state index in [1.165, 1.54) is 30.9 Å². The van der Waals surface area contributed by atoms with Crippen molar-refractivity contribution < 1.29 is 4.74 Å². The fourth-order valence-electron chi connectivity index (χ4n) is 4.06. The van der Waals surface area contributed by atoms with Crippen LogP contribution in [0.25, 0.3) is 0 Å². The molecule has 0 aromatic rings. The van der Waals surface area contributed by atoms with Gasteiger partial charge in [0.1, 0.15) is 0 Å². The summed E-state index contributed by atoms with van der Waals surface area (Å²) in [5, 5.41) is 0. The van der Waals surface area contributed by atoms with Gasteiger partial charge in [-0.05, 0) is 66.7 Å². The topological polar surface area (TPSA) is 40.4 Å². The molecule has 2 aliphatic heterocycles. The van der Waals surface area contributed by atoms with Crippen molar-refractivity contribution in [1.82, 2.24) is 9.80 Å². The molecule has 2 rings (SSSR count). The molecule has 0 aromatic heterocycles. The quantitative estimate of drug-likeness (QED) is 0.576. The summed E-state index contributed by atoms with van der Waals surface area (Å²) < 4.78 is 5.44. The van der Waals surface area contributed by atoms with Crippen LogP contribution >= 0.6 is 0 Å². The second kappa shape index (κ2) is 9.02. The van der Waals surface area contributed by atoms with E-state index in [2.05, 4.69) is 51.3 Å². The van der Waals surface area contributed by atoms with Crippen LogP contribution in [0, 0.1) is 5.92 Å². The van der Waals surface area contributed by atoms with E-state index in [-0.39, 0.29) is 5.54 Å². The summed E-state index contributed by atoms with van der Waals surface area (Å²) in [6, 6.07) is 0.383. The molecule has 2 fully saturated rings. The first kappa shape index (κ1) is 20.2. The molecule has 0 atom stereocenters. The fourth-order valence-corrected chi connectivity index (χ4v) is 4.06. The van der Waals surface area contributed by atoms with Gasteiger partial charge < -0.3 is 14.5 Å². The average molecular weight is 351 g/mol. The Kier molecular flexibility index (Phi) is 7.29.